The van der Waals surface area contributed by atoms with Crippen molar-refractivity contribution in [2.75, 3.05) is 30.7 Å². The lowest BCUT2D eigenvalue weighted by Gasteiger charge is -2.33. The Labute approximate surface area is 102 Å². The van der Waals surface area contributed by atoms with Crippen LogP contribution in [0.2, 0.25) is 0 Å². The van der Waals surface area contributed by atoms with E-state index in [0.717, 1.165) is 25.6 Å². The Kier molecular flexibility index (Phi) is 4.19. The quantitative estimate of drug-likeness (QED) is 0.668. The summed E-state index contributed by atoms with van der Waals surface area (Å²) < 4.78 is 0. The van der Waals surface area contributed by atoms with E-state index < -0.39 is 0 Å². The molecule has 0 bridgehead atoms. The predicted molar refractivity (Wildman–Crippen MR) is 68.8 cm³/mol. The first kappa shape index (κ1) is 12.2. The second-order valence-corrected chi connectivity index (χ2v) is 4.71. The summed E-state index contributed by atoms with van der Waals surface area (Å²) in [4.78, 5) is 6.56. The largest absolute Gasteiger partial charge is 0.368 e. The molecule has 0 amide bonds. The number of nitrogens with one attached hydrogen (secondary N) is 2. The Morgan fingerprint density at radius 2 is 2.41 bits per heavy atom. The number of rotatable bonds is 5. The van der Waals surface area contributed by atoms with Gasteiger partial charge >= 0.3 is 0 Å². The van der Waals surface area contributed by atoms with E-state index in [9.17, 15) is 0 Å². The van der Waals surface area contributed by atoms with Crippen molar-refractivity contribution in [1.82, 2.24) is 20.1 Å². The molecule has 6 nitrogen and oxygen atoms in total. The Balaban J connectivity index is 1.62. The van der Waals surface area contributed by atoms with Gasteiger partial charge in [-0.3, -0.25) is 0 Å². The van der Waals surface area contributed by atoms with Crippen LogP contribution in [-0.2, 0) is 0 Å². The Hall–Kier alpha value is -1.30. The van der Waals surface area contributed by atoms with Crippen LogP contribution < -0.4 is 11.1 Å². The summed E-state index contributed by atoms with van der Waals surface area (Å²) in [5.74, 6) is 0.950. The van der Waals surface area contributed by atoms with Crippen molar-refractivity contribution in [3.63, 3.8) is 0 Å². The molecule has 0 aliphatic carbocycles. The molecule has 17 heavy (non-hydrogen) atoms. The first-order chi connectivity index (χ1) is 8.25. The smallest absolute Gasteiger partial charge is 0.243 e. The average Bonchev–Trinajstić information content (AvgIpc) is 2.73. The van der Waals surface area contributed by atoms with Crippen LogP contribution >= 0.6 is 0 Å². The summed E-state index contributed by atoms with van der Waals surface area (Å²) in [6, 6.07) is 0.739. The van der Waals surface area contributed by atoms with Crippen molar-refractivity contribution < 1.29 is 0 Å². The van der Waals surface area contributed by atoms with E-state index in [4.69, 9.17) is 5.73 Å². The summed E-state index contributed by atoms with van der Waals surface area (Å²) in [5.41, 5.74) is 5.44. The molecule has 1 aromatic heterocycles. The number of aromatic nitrogens is 3. The number of nitrogen functional groups attached to an aromatic ring is 1. The minimum atomic E-state index is 0.358. The van der Waals surface area contributed by atoms with Gasteiger partial charge in [0.1, 0.15) is 0 Å². The average molecular weight is 238 g/mol. The maximum absolute atomic E-state index is 5.44. The molecule has 4 N–H and O–H groups in total. The third-order valence-corrected chi connectivity index (χ3v) is 3.35. The zero-order chi connectivity index (χ0) is 12.1. The number of nitrogens with two attached hydrogens (primary N) is 1. The molecular formula is C11H22N6. The van der Waals surface area contributed by atoms with Gasteiger partial charge in [0.2, 0.25) is 11.9 Å². The molecule has 2 rings (SSSR count). The Morgan fingerprint density at radius 3 is 3.12 bits per heavy atom. The summed E-state index contributed by atoms with van der Waals surface area (Å²) in [5, 5.41) is 9.70. The van der Waals surface area contributed by atoms with Crippen LogP contribution in [0.5, 0.6) is 0 Å². The lowest BCUT2D eigenvalue weighted by Crippen LogP contribution is -2.38. The number of nitrogens with zero attached hydrogens (tertiary/aromatic N) is 3. The van der Waals surface area contributed by atoms with Gasteiger partial charge in [0.15, 0.2) is 0 Å². The van der Waals surface area contributed by atoms with Crippen molar-refractivity contribution >= 4 is 11.9 Å². The maximum Gasteiger partial charge on any atom is 0.243 e. The molecular weight excluding hydrogens is 216 g/mol. The first-order valence-corrected chi connectivity index (χ1v) is 6.41. The van der Waals surface area contributed by atoms with Crippen molar-refractivity contribution in [1.29, 1.82) is 0 Å². The standard InChI is InChI=1S/C11H22N6/c1-9-5-2-3-7-17(9)8-4-6-13-11-14-10(12)15-16-11/h9H,2-8H2,1H3,(H4,12,13,14,15,16). The van der Waals surface area contributed by atoms with E-state index in [1.54, 1.807) is 0 Å². The molecule has 0 spiro atoms. The van der Waals surface area contributed by atoms with Crippen molar-refractivity contribution in [3.8, 4) is 0 Å². The molecule has 0 saturated carbocycles. The van der Waals surface area contributed by atoms with Crippen LogP contribution in [0.4, 0.5) is 11.9 Å². The number of H-pyrrole nitrogens is 1. The van der Waals surface area contributed by atoms with Crippen LogP contribution in [0.25, 0.3) is 0 Å². The molecule has 0 radical (unpaired) electrons. The minimum absolute atomic E-state index is 0.358. The zero-order valence-electron chi connectivity index (χ0n) is 10.4. The van der Waals surface area contributed by atoms with Gasteiger partial charge < -0.3 is 16.0 Å². The van der Waals surface area contributed by atoms with Gasteiger partial charge in [0.05, 0.1) is 0 Å². The second-order valence-electron chi connectivity index (χ2n) is 4.71. The summed E-state index contributed by atoms with van der Waals surface area (Å²) >= 11 is 0. The van der Waals surface area contributed by atoms with E-state index >= 15 is 0 Å². The number of hydrogen-bond donors (Lipinski definition) is 3. The van der Waals surface area contributed by atoms with Crippen LogP contribution in [0, 0.1) is 0 Å². The van der Waals surface area contributed by atoms with Crippen molar-refractivity contribution in [2.24, 2.45) is 0 Å². The molecule has 1 fully saturated rings. The molecule has 1 unspecified atom stereocenters. The van der Waals surface area contributed by atoms with Gasteiger partial charge in [-0.15, -0.1) is 5.10 Å². The fraction of sp³-hybridized carbons (Fsp3) is 0.818. The maximum atomic E-state index is 5.44. The van der Waals surface area contributed by atoms with E-state index in [1.807, 2.05) is 0 Å². The Bertz CT molecular complexity index is 336. The zero-order valence-corrected chi connectivity index (χ0v) is 10.4. The van der Waals surface area contributed by atoms with Gasteiger partial charge in [-0.05, 0) is 32.7 Å². The minimum Gasteiger partial charge on any atom is -0.368 e. The SMILES string of the molecule is CC1CCCCN1CCCNc1n[nH]c(N)n1. The predicted octanol–water partition coefficient (Wildman–Crippen LogP) is 1.06. The summed E-state index contributed by atoms with van der Waals surface area (Å²) in [6.07, 6.45) is 5.17. The second kappa shape index (κ2) is 5.86. The lowest BCUT2D eigenvalue weighted by molar-refractivity contribution is 0.160. The molecule has 1 aliphatic heterocycles. The fourth-order valence-electron chi connectivity index (χ4n) is 2.33. The van der Waals surface area contributed by atoms with E-state index in [-0.39, 0.29) is 0 Å². The van der Waals surface area contributed by atoms with Gasteiger partial charge in [0, 0.05) is 19.1 Å². The third kappa shape index (κ3) is 3.59. The lowest BCUT2D eigenvalue weighted by atomic mass is 10.0. The number of anilines is 2. The fourth-order valence-corrected chi connectivity index (χ4v) is 2.33. The highest BCUT2D eigenvalue weighted by Crippen LogP contribution is 2.16. The highest BCUT2D eigenvalue weighted by molar-refractivity contribution is 5.29. The van der Waals surface area contributed by atoms with Crippen LogP contribution in [-0.4, -0.2) is 45.8 Å². The molecule has 1 saturated heterocycles. The van der Waals surface area contributed by atoms with E-state index in [2.05, 4.69) is 32.3 Å². The summed E-state index contributed by atoms with van der Waals surface area (Å²) in [6.45, 7) is 5.60. The van der Waals surface area contributed by atoms with Crippen molar-refractivity contribution in [3.05, 3.63) is 0 Å². The van der Waals surface area contributed by atoms with Gasteiger partial charge in [-0.25, -0.2) is 5.10 Å². The molecule has 1 atom stereocenters. The topological polar surface area (TPSA) is 82.9 Å². The highest BCUT2D eigenvalue weighted by Gasteiger charge is 2.16. The van der Waals surface area contributed by atoms with Crippen molar-refractivity contribution in [2.45, 2.75) is 38.6 Å². The van der Waals surface area contributed by atoms with E-state index in [0.29, 0.717) is 11.9 Å². The monoisotopic (exact) mass is 238 g/mol. The molecule has 0 aromatic carbocycles. The molecule has 96 valence electrons. The van der Waals surface area contributed by atoms with Gasteiger partial charge in [-0.1, -0.05) is 6.42 Å². The number of hydrogen-bond acceptors (Lipinski definition) is 5. The first-order valence-electron chi connectivity index (χ1n) is 6.41. The van der Waals surface area contributed by atoms with Crippen LogP contribution in [0.15, 0.2) is 0 Å². The highest BCUT2D eigenvalue weighted by atomic mass is 15.3. The molecule has 6 heteroatoms. The van der Waals surface area contributed by atoms with Crippen LogP contribution in [0.3, 0.4) is 0 Å². The summed E-state index contributed by atoms with van der Waals surface area (Å²) in [7, 11) is 0. The molecule has 1 aliphatic rings. The third-order valence-electron chi connectivity index (χ3n) is 3.35. The molecule has 1 aromatic rings. The number of aromatic amines is 1. The Morgan fingerprint density at radius 1 is 1.53 bits per heavy atom. The number of piperidine rings is 1. The van der Waals surface area contributed by atoms with Crippen LogP contribution in [0.1, 0.15) is 32.6 Å². The molecule has 2 heterocycles. The number of likely N-dealkylation sites (tertiary alicyclic amines) is 1. The normalized spacial score (nSPS) is 21.6. The van der Waals surface area contributed by atoms with Gasteiger partial charge in [-0.2, -0.15) is 4.98 Å². The van der Waals surface area contributed by atoms with Gasteiger partial charge in [0.25, 0.3) is 0 Å². The van der Waals surface area contributed by atoms with E-state index in [1.165, 1.54) is 25.8 Å².